The molecule has 1 aromatic rings. The number of hydrogen-bond acceptors (Lipinski definition) is 1. The van der Waals surface area contributed by atoms with Gasteiger partial charge in [-0.3, -0.25) is 0 Å². The molecular formula is C10H12N2. The van der Waals surface area contributed by atoms with Gasteiger partial charge in [0.25, 0.3) is 0 Å². The number of hydrogen-bond donors (Lipinski definition) is 1. The quantitative estimate of drug-likeness (QED) is 0.678. The second-order valence-corrected chi connectivity index (χ2v) is 2.68. The van der Waals surface area contributed by atoms with E-state index < -0.39 is 0 Å². The largest absolute Gasteiger partial charge is 0.367 e. The summed E-state index contributed by atoms with van der Waals surface area (Å²) in [5.74, 6) is 0. The number of nitriles is 1. The van der Waals surface area contributed by atoms with Crippen molar-refractivity contribution in [3.63, 3.8) is 0 Å². The first-order chi connectivity index (χ1) is 5.86. The minimum absolute atomic E-state index is 0.845. The van der Waals surface area contributed by atoms with Gasteiger partial charge < -0.3 is 4.98 Å². The molecule has 0 aliphatic carbocycles. The van der Waals surface area contributed by atoms with Gasteiger partial charge in [-0.15, -0.1) is 0 Å². The average Bonchev–Trinajstić information content (AvgIpc) is 2.56. The van der Waals surface area contributed by atoms with Crippen LogP contribution in [0, 0.1) is 11.3 Å². The third-order valence-electron chi connectivity index (χ3n) is 1.63. The Morgan fingerprint density at radius 2 is 2.58 bits per heavy atom. The van der Waals surface area contributed by atoms with E-state index in [0.29, 0.717) is 0 Å². The van der Waals surface area contributed by atoms with E-state index in [4.69, 9.17) is 5.26 Å². The Hall–Kier alpha value is -1.49. The molecule has 12 heavy (non-hydrogen) atoms. The number of aromatic amines is 1. The molecule has 0 unspecified atom stereocenters. The second-order valence-electron chi connectivity index (χ2n) is 2.68. The summed E-state index contributed by atoms with van der Waals surface area (Å²) in [6, 6.07) is 4.14. The van der Waals surface area contributed by atoms with Crippen molar-refractivity contribution in [1.82, 2.24) is 4.98 Å². The first-order valence-corrected chi connectivity index (χ1v) is 4.10. The van der Waals surface area contributed by atoms with Gasteiger partial charge in [0.05, 0.1) is 6.07 Å². The highest BCUT2D eigenvalue weighted by atomic mass is 14.6. The minimum Gasteiger partial charge on any atom is -0.367 e. The topological polar surface area (TPSA) is 39.6 Å². The van der Waals surface area contributed by atoms with Crippen LogP contribution in [0.4, 0.5) is 0 Å². The van der Waals surface area contributed by atoms with E-state index in [2.05, 4.69) is 18.0 Å². The van der Waals surface area contributed by atoms with E-state index in [9.17, 15) is 0 Å². The Balaban J connectivity index is 2.73. The number of rotatable bonds is 3. The zero-order chi connectivity index (χ0) is 8.81. The van der Waals surface area contributed by atoms with Gasteiger partial charge in [0.2, 0.25) is 0 Å². The fraction of sp³-hybridized carbons (Fsp3) is 0.300. The number of nitrogens with zero attached hydrogens (tertiary/aromatic N) is 1. The van der Waals surface area contributed by atoms with E-state index in [0.717, 1.165) is 24.0 Å². The maximum Gasteiger partial charge on any atom is 0.0947 e. The van der Waals surface area contributed by atoms with E-state index in [1.54, 1.807) is 0 Å². The van der Waals surface area contributed by atoms with Crippen LogP contribution in [0.3, 0.4) is 0 Å². The molecule has 0 bridgehead atoms. The predicted molar refractivity (Wildman–Crippen MR) is 49.3 cm³/mol. The molecule has 1 N–H and O–H groups in total. The van der Waals surface area contributed by atoms with Crippen molar-refractivity contribution in [3.8, 4) is 6.07 Å². The maximum absolute atomic E-state index is 8.73. The smallest absolute Gasteiger partial charge is 0.0947 e. The molecule has 0 amide bonds. The Morgan fingerprint density at radius 3 is 3.08 bits per heavy atom. The van der Waals surface area contributed by atoms with Crippen LogP contribution in [0.25, 0.3) is 6.08 Å². The van der Waals surface area contributed by atoms with Crippen LogP contribution in [0.2, 0.25) is 0 Å². The molecule has 0 radical (unpaired) electrons. The van der Waals surface area contributed by atoms with Gasteiger partial charge in [0.15, 0.2) is 0 Å². The van der Waals surface area contributed by atoms with Crippen molar-refractivity contribution < 1.29 is 0 Å². The maximum atomic E-state index is 8.73. The summed E-state index contributed by atoms with van der Waals surface area (Å²) in [5.41, 5.74) is 1.91. The zero-order valence-corrected chi connectivity index (χ0v) is 7.17. The summed E-state index contributed by atoms with van der Waals surface area (Å²) in [4.78, 5) is 2.95. The molecule has 0 fully saturated rings. The van der Waals surface area contributed by atoms with Gasteiger partial charge in [-0.25, -0.2) is 0 Å². The lowest BCUT2D eigenvalue weighted by atomic mass is 10.1. The molecule has 0 aromatic carbocycles. The normalized spacial score (nSPS) is 11.2. The van der Waals surface area contributed by atoms with Crippen LogP contribution in [0.1, 0.15) is 25.3 Å². The first-order valence-electron chi connectivity index (χ1n) is 4.10. The number of nitrogens with one attached hydrogen (secondary N) is 1. The molecular weight excluding hydrogens is 148 g/mol. The van der Waals surface area contributed by atoms with Crippen molar-refractivity contribution in [3.05, 3.63) is 29.6 Å². The summed E-state index contributed by atoms with van der Waals surface area (Å²) in [6.45, 7) is 2.07. The molecule has 1 heterocycles. The Labute approximate surface area is 72.5 Å². The lowest BCUT2D eigenvalue weighted by Gasteiger charge is -1.91. The van der Waals surface area contributed by atoms with Crippen molar-refractivity contribution in [2.45, 2.75) is 19.8 Å². The lowest BCUT2D eigenvalue weighted by Crippen LogP contribution is -1.77. The Bertz CT molecular complexity index is 288. The van der Waals surface area contributed by atoms with Crippen molar-refractivity contribution in [2.24, 2.45) is 0 Å². The van der Waals surface area contributed by atoms with Crippen LogP contribution < -0.4 is 0 Å². The van der Waals surface area contributed by atoms with E-state index >= 15 is 0 Å². The molecule has 0 aliphatic rings. The Kier molecular flexibility index (Phi) is 3.16. The van der Waals surface area contributed by atoms with Gasteiger partial charge >= 0.3 is 0 Å². The summed E-state index contributed by atoms with van der Waals surface area (Å²) >= 11 is 0. The van der Waals surface area contributed by atoms with Crippen LogP contribution in [-0.2, 0) is 0 Å². The zero-order valence-electron chi connectivity index (χ0n) is 7.17. The highest BCUT2D eigenvalue weighted by molar-refractivity contribution is 5.55. The van der Waals surface area contributed by atoms with E-state index in [1.165, 1.54) is 0 Å². The third kappa shape index (κ3) is 2.28. The fourth-order valence-corrected chi connectivity index (χ4v) is 1.06. The molecule has 0 saturated carbocycles. The lowest BCUT2D eigenvalue weighted by molar-refractivity contribution is 0.934. The number of aromatic nitrogens is 1. The standard InChI is InChI=1S/C10H12N2/c1-2-3-9(7-11)6-10-4-5-12-8-10/h4-6,8,12H,2-3H2,1H3/b9-6-. The van der Waals surface area contributed by atoms with Crippen molar-refractivity contribution in [1.29, 1.82) is 5.26 Å². The molecule has 0 spiro atoms. The average molecular weight is 160 g/mol. The summed E-state index contributed by atoms with van der Waals surface area (Å²) in [7, 11) is 0. The van der Waals surface area contributed by atoms with Crippen molar-refractivity contribution in [2.75, 3.05) is 0 Å². The van der Waals surface area contributed by atoms with Gasteiger partial charge in [0.1, 0.15) is 0 Å². The van der Waals surface area contributed by atoms with Gasteiger partial charge in [-0.2, -0.15) is 5.26 Å². The number of H-pyrrole nitrogens is 1. The Morgan fingerprint density at radius 1 is 1.75 bits per heavy atom. The second kappa shape index (κ2) is 4.40. The SMILES string of the molecule is CCC/C(C#N)=C/c1cc[nH]c1. The van der Waals surface area contributed by atoms with Crippen LogP contribution in [-0.4, -0.2) is 4.98 Å². The summed E-state index contributed by atoms with van der Waals surface area (Å²) in [6.07, 6.45) is 7.53. The fourth-order valence-electron chi connectivity index (χ4n) is 1.06. The predicted octanol–water partition coefficient (Wildman–Crippen LogP) is 2.72. The van der Waals surface area contributed by atoms with Crippen molar-refractivity contribution >= 4 is 6.08 Å². The minimum atomic E-state index is 0.845. The summed E-state index contributed by atoms with van der Waals surface area (Å²) in [5, 5.41) is 8.73. The van der Waals surface area contributed by atoms with E-state index in [1.807, 2.05) is 24.5 Å². The molecule has 0 aliphatic heterocycles. The van der Waals surface area contributed by atoms with Crippen LogP contribution in [0.15, 0.2) is 24.0 Å². The van der Waals surface area contributed by atoms with Gasteiger partial charge in [-0.1, -0.05) is 13.3 Å². The molecule has 1 rings (SSSR count). The molecule has 2 nitrogen and oxygen atoms in total. The summed E-state index contributed by atoms with van der Waals surface area (Å²) < 4.78 is 0. The molecule has 62 valence electrons. The van der Waals surface area contributed by atoms with E-state index in [-0.39, 0.29) is 0 Å². The first kappa shape index (κ1) is 8.61. The highest BCUT2D eigenvalue weighted by Crippen LogP contribution is 2.09. The molecule has 0 atom stereocenters. The molecule has 1 aromatic heterocycles. The van der Waals surface area contributed by atoms with Gasteiger partial charge in [-0.05, 0) is 24.1 Å². The molecule has 0 saturated heterocycles. The third-order valence-corrected chi connectivity index (χ3v) is 1.63. The monoisotopic (exact) mass is 160 g/mol. The van der Waals surface area contributed by atoms with Gasteiger partial charge in [0, 0.05) is 18.0 Å². The van der Waals surface area contributed by atoms with Crippen LogP contribution in [0.5, 0.6) is 0 Å². The van der Waals surface area contributed by atoms with Crippen LogP contribution >= 0.6 is 0 Å². The highest BCUT2D eigenvalue weighted by Gasteiger charge is 1.94. The number of allylic oxidation sites excluding steroid dienone is 1. The molecule has 2 heteroatoms.